The number of carboxylic acid groups (broad SMARTS) is 2. The van der Waals surface area contributed by atoms with Gasteiger partial charge in [-0.05, 0) is 40.0 Å². The predicted molar refractivity (Wildman–Crippen MR) is 187 cm³/mol. The molecule has 0 fully saturated rings. The second kappa shape index (κ2) is 31.4. The van der Waals surface area contributed by atoms with Crippen LogP contribution in [0, 0.1) is 0 Å². The number of carbonyl (C=O) groups excluding carboxylic acids is 4. The molecule has 0 aromatic rings. The number of carbonyl (C=O) groups is 6. The maximum atomic E-state index is 12.8. The lowest BCUT2D eigenvalue weighted by atomic mass is 10.0. The molecular formula is C35H63N3O13. The van der Waals surface area contributed by atoms with Crippen molar-refractivity contribution in [2.24, 2.45) is 0 Å². The minimum Gasteiger partial charge on any atom is -0.481 e. The molecule has 0 aromatic carbocycles. The van der Waals surface area contributed by atoms with Crippen LogP contribution in [0.2, 0.25) is 0 Å². The van der Waals surface area contributed by atoms with Crippen LogP contribution in [-0.4, -0.2) is 123 Å². The Morgan fingerprint density at radius 2 is 1.00 bits per heavy atom. The Morgan fingerprint density at radius 1 is 0.529 bits per heavy atom. The average Bonchev–Trinajstić information content (AvgIpc) is 3.04. The highest BCUT2D eigenvalue weighted by molar-refractivity contribution is 5.85. The molecule has 5 N–H and O–H groups in total. The second-order valence-electron chi connectivity index (χ2n) is 13.0. The lowest BCUT2D eigenvalue weighted by Gasteiger charge is -2.24. The molecule has 0 aliphatic carbocycles. The monoisotopic (exact) mass is 733 g/mol. The van der Waals surface area contributed by atoms with Gasteiger partial charge in [-0.15, -0.1) is 0 Å². The Balaban J connectivity index is 4.07. The summed E-state index contributed by atoms with van der Waals surface area (Å²) in [4.78, 5) is 70.4. The van der Waals surface area contributed by atoms with Gasteiger partial charge < -0.3 is 49.8 Å². The summed E-state index contributed by atoms with van der Waals surface area (Å²) in [5.41, 5.74) is -0.747. The summed E-state index contributed by atoms with van der Waals surface area (Å²) >= 11 is 0. The smallest absolute Gasteiger partial charge is 0.329 e. The molecule has 16 nitrogen and oxygen atoms in total. The number of hydrogen-bond donors (Lipinski definition) is 5. The maximum absolute atomic E-state index is 12.8. The van der Waals surface area contributed by atoms with Crippen LogP contribution < -0.4 is 16.0 Å². The Morgan fingerprint density at radius 3 is 1.51 bits per heavy atom. The summed E-state index contributed by atoms with van der Waals surface area (Å²) < 4.78 is 26.1. The van der Waals surface area contributed by atoms with E-state index in [1.807, 2.05) is 0 Å². The van der Waals surface area contributed by atoms with Gasteiger partial charge in [0.15, 0.2) is 0 Å². The Bertz CT molecular complexity index is 988. The number of unbranched alkanes of at least 4 members (excludes halogenated alkanes) is 9. The lowest BCUT2D eigenvalue weighted by Crippen LogP contribution is -2.44. The first-order valence-electron chi connectivity index (χ1n) is 18.1. The van der Waals surface area contributed by atoms with Crippen LogP contribution in [0.15, 0.2) is 0 Å². The number of carboxylic acids is 2. The van der Waals surface area contributed by atoms with Crippen molar-refractivity contribution in [1.29, 1.82) is 0 Å². The number of ether oxygens (including phenoxy) is 5. The van der Waals surface area contributed by atoms with E-state index in [0.29, 0.717) is 6.42 Å². The van der Waals surface area contributed by atoms with Crippen LogP contribution in [0.5, 0.6) is 0 Å². The van der Waals surface area contributed by atoms with E-state index in [4.69, 9.17) is 33.9 Å². The molecule has 0 aromatic heterocycles. The summed E-state index contributed by atoms with van der Waals surface area (Å²) in [7, 11) is 0. The SMILES string of the molecule is CC(C)(C)OC(=O)[C@H](CCC(=O)NCCOCCOCC(=O)NCCOCCOCC(=O)O)NC(=O)CCCCCCCCCCCCC(=O)O. The molecule has 1 atom stereocenters. The molecule has 16 heteroatoms. The van der Waals surface area contributed by atoms with Crippen LogP contribution in [0.25, 0.3) is 0 Å². The third-order valence-electron chi connectivity index (χ3n) is 7.07. The molecule has 0 radical (unpaired) electrons. The van der Waals surface area contributed by atoms with Crippen LogP contribution in [0.1, 0.15) is 111 Å². The summed E-state index contributed by atoms with van der Waals surface area (Å²) in [5, 5.41) is 25.2. The van der Waals surface area contributed by atoms with Gasteiger partial charge >= 0.3 is 17.9 Å². The van der Waals surface area contributed by atoms with Crippen molar-refractivity contribution in [3.05, 3.63) is 0 Å². The molecule has 0 aliphatic heterocycles. The molecule has 296 valence electrons. The van der Waals surface area contributed by atoms with Gasteiger partial charge in [0.25, 0.3) is 0 Å². The number of aliphatic carboxylic acids is 2. The van der Waals surface area contributed by atoms with E-state index in [-0.39, 0.29) is 109 Å². The predicted octanol–water partition coefficient (Wildman–Crippen LogP) is 2.74. The Kier molecular flexibility index (Phi) is 29.3. The summed E-state index contributed by atoms with van der Waals surface area (Å²) in [6.07, 6.45) is 10.4. The van der Waals surface area contributed by atoms with E-state index >= 15 is 0 Å². The minimum absolute atomic E-state index is 0.00547. The summed E-state index contributed by atoms with van der Waals surface area (Å²) in [6.45, 7) is 6.39. The van der Waals surface area contributed by atoms with E-state index in [9.17, 15) is 28.8 Å². The third-order valence-corrected chi connectivity index (χ3v) is 7.07. The zero-order valence-corrected chi connectivity index (χ0v) is 30.9. The van der Waals surface area contributed by atoms with Gasteiger partial charge in [0.05, 0.1) is 39.6 Å². The Hall–Kier alpha value is -3.34. The number of nitrogens with one attached hydrogen (secondary N) is 3. The molecule has 51 heavy (non-hydrogen) atoms. The van der Waals surface area contributed by atoms with Crippen LogP contribution >= 0.6 is 0 Å². The maximum Gasteiger partial charge on any atom is 0.329 e. The molecule has 0 unspecified atom stereocenters. The van der Waals surface area contributed by atoms with Gasteiger partial charge in [0.1, 0.15) is 24.9 Å². The molecule has 3 amide bonds. The number of esters is 1. The molecule has 0 rings (SSSR count). The van der Waals surface area contributed by atoms with E-state index in [2.05, 4.69) is 16.0 Å². The number of amides is 3. The normalized spacial score (nSPS) is 11.8. The van der Waals surface area contributed by atoms with Gasteiger partial charge in [0, 0.05) is 32.4 Å². The van der Waals surface area contributed by atoms with Crippen molar-refractivity contribution in [3.8, 4) is 0 Å². The molecule has 0 saturated heterocycles. The van der Waals surface area contributed by atoms with E-state index in [1.165, 1.54) is 0 Å². The van der Waals surface area contributed by atoms with Crippen molar-refractivity contribution in [2.75, 3.05) is 65.9 Å². The van der Waals surface area contributed by atoms with Gasteiger partial charge in [-0.3, -0.25) is 19.2 Å². The van der Waals surface area contributed by atoms with E-state index in [0.717, 1.165) is 57.8 Å². The van der Waals surface area contributed by atoms with Crippen LogP contribution in [-0.2, 0) is 52.5 Å². The molecule has 0 spiro atoms. The van der Waals surface area contributed by atoms with Crippen molar-refractivity contribution in [2.45, 2.75) is 122 Å². The topological polar surface area (TPSA) is 225 Å². The third kappa shape index (κ3) is 34.9. The van der Waals surface area contributed by atoms with Gasteiger partial charge in [0.2, 0.25) is 17.7 Å². The largest absolute Gasteiger partial charge is 0.481 e. The van der Waals surface area contributed by atoms with Crippen molar-refractivity contribution in [1.82, 2.24) is 16.0 Å². The fraction of sp³-hybridized carbons (Fsp3) is 0.829. The Labute approximate surface area is 302 Å². The molecule has 0 heterocycles. The highest BCUT2D eigenvalue weighted by atomic mass is 16.6. The number of hydrogen-bond acceptors (Lipinski definition) is 11. The first kappa shape index (κ1) is 47.7. The second-order valence-corrected chi connectivity index (χ2v) is 13.0. The first-order valence-corrected chi connectivity index (χ1v) is 18.1. The molecule has 0 aliphatic rings. The minimum atomic E-state index is -1.05. The van der Waals surface area contributed by atoms with Gasteiger partial charge in [-0.1, -0.05) is 51.4 Å². The van der Waals surface area contributed by atoms with Crippen LogP contribution in [0.3, 0.4) is 0 Å². The number of rotatable bonds is 34. The van der Waals surface area contributed by atoms with E-state index < -0.39 is 29.6 Å². The fourth-order valence-corrected chi connectivity index (χ4v) is 4.57. The first-order chi connectivity index (χ1) is 24.3. The van der Waals surface area contributed by atoms with Crippen molar-refractivity contribution in [3.63, 3.8) is 0 Å². The quantitative estimate of drug-likeness (QED) is 0.0475. The zero-order chi connectivity index (χ0) is 38.2. The molecule has 0 saturated carbocycles. The molecule has 0 bridgehead atoms. The summed E-state index contributed by atoms with van der Waals surface area (Å²) in [5.74, 6) is -3.26. The average molecular weight is 734 g/mol. The van der Waals surface area contributed by atoms with Crippen molar-refractivity contribution < 1.29 is 62.7 Å². The highest BCUT2D eigenvalue weighted by Crippen LogP contribution is 2.14. The molecular weight excluding hydrogens is 670 g/mol. The highest BCUT2D eigenvalue weighted by Gasteiger charge is 2.27. The standard InChI is InChI=1S/C35H63N3O13/c1-35(2,3)51-34(46)28(38-30(40)14-12-10-8-6-4-5-7-9-11-13-15-32(42)43)16-17-29(39)36-18-20-47-22-24-49-26-31(41)37-19-21-48-23-25-50-27-33(44)45/h28H,4-27H2,1-3H3,(H,36,39)(H,37,41)(H,38,40)(H,42,43)(H,44,45)/t28-/m0/s1. The van der Waals surface area contributed by atoms with Crippen LogP contribution in [0.4, 0.5) is 0 Å². The van der Waals surface area contributed by atoms with E-state index in [1.54, 1.807) is 20.8 Å². The van der Waals surface area contributed by atoms with Gasteiger partial charge in [-0.25, -0.2) is 9.59 Å². The van der Waals surface area contributed by atoms with Gasteiger partial charge in [-0.2, -0.15) is 0 Å². The summed E-state index contributed by atoms with van der Waals surface area (Å²) in [6, 6.07) is -0.943. The lowest BCUT2D eigenvalue weighted by molar-refractivity contribution is -0.159. The van der Waals surface area contributed by atoms with Crippen molar-refractivity contribution >= 4 is 35.6 Å². The zero-order valence-electron chi connectivity index (χ0n) is 30.9. The fourth-order valence-electron chi connectivity index (χ4n) is 4.57.